The molecule has 0 aliphatic carbocycles. The summed E-state index contributed by atoms with van der Waals surface area (Å²) in [5, 5.41) is 0. The van der Waals surface area contributed by atoms with Gasteiger partial charge in [-0.1, -0.05) is 18.2 Å². The Kier molecular flexibility index (Phi) is 5.15. The van der Waals surface area contributed by atoms with Gasteiger partial charge in [-0.25, -0.2) is 0 Å². The Morgan fingerprint density at radius 2 is 1.59 bits per heavy atom. The molecule has 0 bridgehead atoms. The molecule has 0 spiro atoms. The molecule has 3 aliphatic heterocycles. The SMILES string of the molecule is O=C(c1ccc(-c2ccc3c(c2)OCCO3)cc1)N1CCC[C@H]1CN1CCCC1. The van der Waals surface area contributed by atoms with Crippen molar-refractivity contribution in [1.29, 1.82) is 0 Å². The molecule has 3 heterocycles. The normalized spacial score (nSPS) is 21.5. The van der Waals surface area contributed by atoms with Gasteiger partial charge in [-0.05, 0) is 74.2 Å². The molecular formula is C24H28N2O3. The molecule has 152 valence electrons. The standard InChI is InChI=1S/C24H28N2O3/c27-24(26-13-3-4-21(26)17-25-11-1-2-12-25)19-7-5-18(6-8-19)20-9-10-22-23(16-20)29-15-14-28-22/h5-10,16,21H,1-4,11-15,17H2/t21-/m0/s1. The lowest BCUT2D eigenvalue weighted by molar-refractivity contribution is 0.0709. The molecule has 5 heteroatoms. The van der Waals surface area contributed by atoms with Crippen molar-refractivity contribution in [1.82, 2.24) is 9.80 Å². The van der Waals surface area contributed by atoms with E-state index in [2.05, 4.69) is 9.80 Å². The Labute approximate surface area is 172 Å². The van der Waals surface area contributed by atoms with Crippen LogP contribution in [0.2, 0.25) is 0 Å². The number of hydrogen-bond acceptors (Lipinski definition) is 4. The number of amides is 1. The van der Waals surface area contributed by atoms with E-state index in [4.69, 9.17) is 9.47 Å². The number of ether oxygens (including phenoxy) is 2. The van der Waals surface area contributed by atoms with E-state index in [0.29, 0.717) is 19.3 Å². The molecule has 0 aromatic heterocycles. The molecule has 0 unspecified atom stereocenters. The third-order valence-corrected chi connectivity index (χ3v) is 6.31. The molecule has 1 amide bonds. The summed E-state index contributed by atoms with van der Waals surface area (Å²) in [6.07, 6.45) is 4.82. The lowest BCUT2D eigenvalue weighted by Gasteiger charge is -2.28. The Bertz CT molecular complexity index is 874. The zero-order valence-electron chi connectivity index (χ0n) is 16.8. The van der Waals surface area contributed by atoms with Crippen molar-refractivity contribution in [3.63, 3.8) is 0 Å². The predicted octanol–water partition coefficient (Wildman–Crippen LogP) is 3.83. The second-order valence-electron chi connectivity index (χ2n) is 8.24. The Hall–Kier alpha value is -2.53. The zero-order chi connectivity index (χ0) is 19.6. The minimum Gasteiger partial charge on any atom is -0.486 e. The second kappa shape index (κ2) is 8.07. The van der Waals surface area contributed by atoms with Gasteiger partial charge in [-0.3, -0.25) is 4.79 Å². The fourth-order valence-corrected chi connectivity index (χ4v) is 4.75. The molecule has 2 fully saturated rings. The van der Waals surface area contributed by atoms with Crippen LogP contribution in [0.4, 0.5) is 0 Å². The number of carbonyl (C=O) groups excluding carboxylic acids is 1. The summed E-state index contributed by atoms with van der Waals surface area (Å²) in [6.45, 7) is 5.45. The van der Waals surface area contributed by atoms with Crippen molar-refractivity contribution in [3.8, 4) is 22.6 Å². The maximum absolute atomic E-state index is 13.1. The van der Waals surface area contributed by atoms with Crippen LogP contribution in [0, 0.1) is 0 Å². The molecule has 29 heavy (non-hydrogen) atoms. The van der Waals surface area contributed by atoms with E-state index in [1.807, 2.05) is 42.5 Å². The number of benzene rings is 2. The monoisotopic (exact) mass is 392 g/mol. The van der Waals surface area contributed by atoms with Gasteiger partial charge in [0.05, 0.1) is 0 Å². The van der Waals surface area contributed by atoms with E-state index in [9.17, 15) is 4.79 Å². The van der Waals surface area contributed by atoms with Gasteiger partial charge in [-0.15, -0.1) is 0 Å². The topological polar surface area (TPSA) is 42.0 Å². The maximum atomic E-state index is 13.1. The molecule has 5 nitrogen and oxygen atoms in total. The summed E-state index contributed by atoms with van der Waals surface area (Å²) in [6, 6.07) is 14.3. The number of likely N-dealkylation sites (tertiary alicyclic amines) is 2. The quantitative estimate of drug-likeness (QED) is 0.793. The van der Waals surface area contributed by atoms with Gasteiger partial charge in [0.1, 0.15) is 13.2 Å². The molecular weight excluding hydrogens is 364 g/mol. The predicted molar refractivity (Wildman–Crippen MR) is 113 cm³/mol. The summed E-state index contributed by atoms with van der Waals surface area (Å²) in [4.78, 5) is 17.8. The van der Waals surface area contributed by atoms with Crippen LogP contribution in [0.25, 0.3) is 11.1 Å². The number of rotatable bonds is 4. The van der Waals surface area contributed by atoms with Gasteiger partial charge in [-0.2, -0.15) is 0 Å². The van der Waals surface area contributed by atoms with Gasteiger partial charge in [0, 0.05) is 24.7 Å². The summed E-state index contributed by atoms with van der Waals surface area (Å²) >= 11 is 0. The van der Waals surface area contributed by atoms with Gasteiger partial charge in [0.2, 0.25) is 0 Å². The van der Waals surface area contributed by atoms with Crippen LogP contribution in [-0.2, 0) is 0 Å². The fraction of sp³-hybridized carbons (Fsp3) is 0.458. The van der Waals surface area contributed by atoms with Crippen molar-refractivity contribution >= 4 is 5.91 Å². The Morgan fingerprint density at radius 1 is 0.862 bits per heavy atom. The van der Waals surface area contributed by atoms with E-state index >= 15 is 0 Å². The van der Waals surface area contributed by atoms with Crippen LogP contribution < -0.4 is 9.47 Å². The van der Waals surface area contributed by atoms with Gasteiger partial charge >= 0.3 is 0 Å². The van der Waals surface area contributed by atoms with Crippen LogP contribution >= 0.6 is 0 Å². The first-order valence-electron chi connectivity index (χ1n) is 10.8. The average molecular weight is 392 g/mol. The van der Waals surface area contributed by atoms with E-state index in [0.717, 1.165) is 54.1 Å². The number of nitrogens with zero attached hydrogens (tertiary/aromatic N) is 2. The van der Waals surface area contributed by atoms with Crippen LogP contribution in [0.3, 0.4) is 0 Å². The summed E-state index contributed by atoms with van der Waals surface area (Å²) in [7, 11) is 0. The number of carbonyl (C=O) groups is 1. The van der Waals surface area contributed by atoms with Crippen molar-refractivity contribution in [2.75, 3.05) is 39.4 Å². The molecule has 1 atom stereocenters. The molecule has 0 saturated carbocycles. The number of hydrogen-bond donors (Lipinski definition) is 0. The number of fused-ring (bicyclic) bond motifs is 1. The third-order valence-electron chi connectivity index (χ3n) is 6.31. The van der Waals surface area contributed by atoms with E-state index in [1.165, 1.54) is 25.9 Å². The Balaban J connectivity index is 1.30. The highest BCUT2D eigenvalue weighted by Gasteiger charge is 2.31. The second-order valence-corrected chi connectivity index (χ2v) is 8.24. The molecule has 2 aromatic rings. The molecule has 3 aliphatic rings. The minimum atomic E-state index is 0.167. The van der Waals surface area contributed by atoms with Crippen molar-refractivity contribution < 1.29 is 14.3 Å². The average Bonchev–Trinajstić information content (AvgIpc) is 3.45. The molecule has 2 saturated heterocycles. The smallest absolute Gasteiger partial charge is 0.254 e. The third kappa shape index (κ3) is 3.84. The van der Waals surface area contributed by atoms with Gasteiger partial charge in [0.15, 0.2) is 11.5 Å². The van der Waals surface area contributed by atoms with E-state index in [1.54, 1.807) is 0 Å². The van der Waals surface area contributed by atoms with Crippen LogP contribution in [-0.4, -0.2) is 61.1 Å². The first-order chi connectivity index (χ1) is 14.3. The van der Waals surface area contributed by atoms with Crippen LogP contribution in [0.1, 0.15) is 36.0 Å². The van der Waals surface area contributed by atoms with Crippen LogP contribution in [0.5, 0.6) is 11.5 Å². The highest BCUT2D eigenvalue weighted by atomic mass is 16.6. The highest BCUT2D eigenvalue weighted by molar-refractivity contribution is 5.95. The van der Waals surface area contributed by atoms with Crippen molar-refractivity contribution in [3.05, 3.63) is 48.0 Å². The van der Waals surface area contributed by atoms with Gasteiger partial charge in [0.25, 0.3) is 5.91 Å². The van der Waals surface area contributed by atoms with Crippen molar-refractivity contribution in [2.24, 2.45) is 0 Å². The maximum Gasteiger partial charge on any atom is 0.254 e. The first-order valence-corrected chi connectivity index (χ1v) is 10.8. The van der Waals surface area contributed by atoms with Gasteiger partial charge < -0.3 is 19.3 Å². The summed E-state index contributed by atoms with van der Waals surface area (Å²) < 4.78 is 11.3. The fourth-order valence-electron chi connectivity index (χ4n) is 4.75. The zero-order valence-corrected chi connectivity index (χ0v) is 16.8. The molecule has 2 aromatic carbocycles. The molecule has 0 radical (unpaired) electrons. The summed E-state index contributed by atoms with van der Waals surface area (Å²) in [5.74, 6) is 1.75. The van der Waals surface area contributed by atoms with E-state index in [-0.39, 0.29) is 5.91 Å². The lowest BCUT2D eigenvalue weighted by atomic mass is 10.0. The largest absolute Gasteiger partial charge is 0.486 e. The Morgan fingerprint density at radius 3 is 2.38 bits per heavy atom. The minimum absolute atomic E-state index is 0.167. The highest BCUT2D eigenvalue weighted by Crippen LogP contribution is 2.34. The summed E-state index contributed by atoms with van der Waals surface area (Å²) in [5.41, 5.74) is 2.93. The molecule has 5 rings (SSSR count). The lowest BCUT2D eigenvalue weighted by Crippen LogP contribution is -2.42. The van der Waals surface area contributed by atoms with Crippen molar-refractivity contribution in [2.45, 2.75) is 31.7 Å². The van der Waals surface area contributed by atoms with E-state index < -0.39 is 0 Å². The first kappa shape index (κ1) is 18.5. The molecule has 0 N–H and O–H groups in total. The van der Waals surface area contributed by atoms with Crippen LogP contribution in [0.15, 0.2) is 42.5 Å².